The third-order valence-electron chi connectivity index (χ3n) is 2.90. The summed E-state index contributed by atoms with van der Waals surface area (Å²) in [6, 6.07) is 8.78. The molecule has 0 fully saturated rings. The van der Waals surface area contributed by atoms with Crippen molar-refractivity contribution in [2.24, 2.45) is 0 Å². The second-order valence-electron chi connectivity index (χ2n) is 4.22. The minimum atomic E-state index is -1.52. The van der Waals surface area contributed by atoms with Gasteiger partial charge in [-0.1, -0.05) is 6.07 Å². The fourth-order valence-electron chi connectivity index (χ4n) is 1.80. The average molecular weight is 292 g/mol. The van der Waals surface area contributed by atoms with Crippen molar-refractivity contribution in [3.05, 3.63) is 58.9 Å². The fraction of sp³-hybridized carbons (Fsp3) is 0.133. The number of hydrogen-bond donors (Lipinski definition) is 1. The topological polar surface area (TPSA) is 45.0 Å². The highest BCUT2D eigenvalue weighted by atomic mass is 19.2. The zero-order chi connectivity index (χ0) is 15.4. The summed E-state index contributed by atoms with van der Waals surface area (Å²) in [6.45, 7) is 0.171. The summed E-state index contributed by atoms with van der Waals surface area (Å²) in [6.07, 6.45) is 0. The third kappa shape index (κ3) is 3.08. The number of rotatable bonds is 4. The van der Waals surface area contributed by atoms with Gasteiger partial charge in [0.05, 0.1) is 18.4 Å². The molecule has 21 heavy (non-hydrogen) atoms. The molecule has 0 radical (unpaired) electrons. The maximum atomic E-state index is 13.5. The lowest BCUT2D eigenvalue weighted by molar-refractivity contribution is 0.413. The molecule has 0 aliphatic rings. The van der Waals surface area contributed by atoms with Gasteiger partial charge in [0.25, 0.3) is 0 Å². The predicted molar refractivity (Wildman–Crippen MR) is 71.4 cm³/mol. The van der Waals surface area contributed by atoms with E-state index in [1.807, 2.05) is 6.07 Å². The van der Waals surface area contributed by atoms with Crippen molar-refractivity contribution in [3.63, 3.8) is 0 Å². The molecule has 0 heterocycles. The summed E-state index contributed by atoms with van der Waals surface area (Å²) >= 11 is 0. The lowest BCUT2D eigenvalue weighted by atomic mass is 10.1. The molecule has 0 bridgehead atoms. The van der Waals surface area contributed by atoms with Crippen LogP contribution in [-0.4, -0.2) is 7.11 Å². The minimum absolute atomic E-state index is 0.141. The van der Waals surface area contributed by atoms with Gasteiger partial charge in [0.2, 0.25) is 0 Å². The number of anilines is 1. The Bertz CT molecular complexity index is 711. The first kappa shape index (κ1) is 14.7. The number of methoxy groups -OCH3 is 1. The van der Waals surface area contributed by atoms with E-state index in [4.69, 9.17) is 10.00 Å². The Hall–Kier alpha value is -2.68. The van der Waals surface area contributed by atoms with Crippen LogP contribution in [0, 0.1) is 28.8 Å². The second-order valence-corrected chi connectivity index (χ2v) is 4.22. The third-order valence-corrected chi connectivity index (χ3v) is 2.90. The van der Waals surface area contributed by atoms with Gasteiger partial charge in [0, 0.05) is 6.54 Å². The monoisotopic (exact) mass is 292 g/mol. The van der Waals surface area contributed by atoms with Crippen LogP contribution >= 0.6 is 0 Å². The summed E-state index contributed by atoms with van der Waals surface area (Å²) in [5.74, 6) is -3.63. The molecule has 108 valence electrons. The first-order valence-corrected chi connectivity index (χ1v) is 6.01. The van der Waals surface area contributed by atoms with E-state index in [0.717, 1.165) is 12.1 Å². The van der Waals surface area contributed by atoms with Gasteiger partial charge in [-0.3, -0.25) is 0 Å². The lowest BCUT2D eigenvalue weighted by Crippen LogP contribution is -2.04. The van der Waals surface area contributed by atoms with E-state index in [-0.39, 0.29) is 12.2 Å². The molecule has 0 saturated carbocycles. The number of benzene rings is 2. The van der Waals surface area contributed by atoms with Gasteiger partial charge in [-0.2, -0.15) is 5.26 Å². The number of halogens is 3. The van der Waals surface area contributed by atoms with Crippen LogP contribution in [0.4, 0.5) is 18.9 Å². The largest absolute Gasteiger partial charge is 0.495 e. The smallest absolute Gasteiger partial charge is 0.196 e. The normalized spacial score (nSPS) is 10.0. The van der Waals surface area contributed by atoms with Gasteiger partial charge in [-0.15, -0.1) is 0 Å². The summed E-state index contributed by atoms with van der Waals surface area (Å²) in [7, 11) is 1.43. The van der Waals surface area contributed by atoms with Crippen molar-refractivity contribution in [1.82, 2.24) is 0 Å². The zero-order valence-corrected chi connectivity index (χ0v) is 11.1. The summed E-state index contributed by atoms with van der Waals surface area (Å²) in [5, 5.41) is 11.5. The highest BCUT2D eigenvalue weighted by Crippen LogP contribution is 2.22. The van der Waals surface area contributed by atoms with Crippen LogP contribution in [0.15, 0.2) is 30.3 Å². The van der Waals surface area contributed by atoms with Crippen LogP contribution in [0.25, 0.3) is 0 Å². The highest BCUT2D eigenvalue weighted by Gasteiger charge is 2.13. The quantitative estimate of drug-likeness (QED) is 0.876. The first-order chi connectivity index (χ1) is 10.1. The Morgan fingerprint density at radius 2 is 1.90 bits per heavy atom. The van der Waals surface area contributed by atoms with E-state index < -0.39 is 17.5 Å². The Morgan fingerprint density at radius 3 is 2.57 bits per heavy atom. The van der Waals surface area contributed by atoms with Gasteiger partial charge in [-0.25, -0.2) is 13.2 Å². The molecule has 0 amide bonds. The first-order valence-electron chi connectivity index (χ1n) is 6.01. The van der Waals surface area contributed by atoms with Crippen LogP contribution in [0.1, 0.15) is 11.1 Å². The molecular weight excluding hydrogens is 281 g/mol. The molecule has 0 spiro atoms. The van der Waals surface area contributed by atoms with Crippen LogP contribution in [0.5, 0.6) is 5.75 Å². The summed E-state index contributed by atoms with van der Waals surface area (Å²) in [5.41, 5.74) is 0.937. The molecule has 2 aromatic carbocycles. The summed E-state index contributed by atoms with van der Waals surface area (Å²) < 4.78 is 44.4. The Kier molecular flexibility index (Phi) is 4.33. The molecular formula is C15H11F3N2O. The van der Waals surface area contributed by atoms with Crippen LogP contribution in [0.3, 0.4) is 0 Å². The molecule has 0 saturated heterocycles. The van der Waals surface area contributed by atoms with Crippen molar-refractivity contribution in [2.75, 3.05) is 12.4 Å². The van der Waals surface area contributed by atoms with Crippen LogP contribution < -0.4 is 10.1 Å². The number of ether oxygens (including phenoxy) is 1. The molecule has 6 heteroatoms. The molecule has 0 aliphatic carbocycles. The van der Waals surface area contributed by atoms with Crippen molar-refractivity contribution < 1.29 is 17.9 Å². The molecule has 2 aromatic rings. The Balaban J connectivity index is 2.17. The highest BCUT2D eigenvalue weighted by molar-refractivity contribution is 5.48. The zero-order valence-electron chi connectivity index (χ0n) is 11.1. The number of nitrogens with zero attached hydrogens (tertiary/aromatic N) is 1. The van der Waals surface area contributed by atoms with Crippen LogP contribution in [0.2, 0.25) is 0 Å². The van der Waals surface area contributed by atoms with E-state index in [2.05, 4.69) is 5.32 Å². The molecule has 0 unspecified atom stereocenters. The van der Waals surface area contributed by atoms with E-state index in [1.165, 1.54) is 7.11 Å². The van der Waals surface area contributed by atoms with Crippen molar-refractivity contribution in [2.45, 2.75) is 6.54 Å². The van der Waals surface area contributed by atoms with Gasteiger partial charge in [-0.05, 0) is 29.8 Å². The SMILES string of the molecule is COc1cc(CNc2ccc(F)c(F)c2F)ccc1C#N. The Labute approximate surface area is 119 Å². The van der Waals surface area contributed by atoms with Gasteiger partial charge in [0.1, 0.15) is 11.8 Å². The maximum Gasteiger partial charge on any atom is 0.196 e. The van der Waals surface area contributed by atoms with E-state index in [1.54, 1.807) is 18.2 Å². The fourth-order valence-corrected chi connectivity index (χ4v) is 1.80. The van der Waals surface area contributed by atoms with E-state index in [0.29, 0.717) is 16.9 Å². The second kappa shape index (κ2) is 6.18. The van der Waals surface area contributed by atoms with Crippen molar-refractivity contribution in [1.29, 1.82) is 5.26 Å². The van der Waals surface area contributed by atoms with E-state index in [9.17, 15) is 13.2 Å². The van der Waals surface area contributed by atoms with Crippen molar-refractivity contribution in [3.8, 4) is 11.8 Å². The summed E-state index contributed by atoms with van der Waals surface area (Å²) in [4.78, 5) is 0. The lowest BCUT2D eigenvalue weighted by Gasteiger charge is -2.10. The predicted octanol–water partition coefficient (Wildman–Crippen LogP) is 3.60. The standard InChI is InChI=1S/C15H11F3N2O/c1-21-13-6-9(2-3-10(13)7-19)8-20-12-5-4-11(16)14(17)15(12)18/h2-6,20H,8H2,1H3. The molecule has 1 N–H and O–H groups in total. The maximum absolute atomic E-state index is 13.5. The van der Waals surface area contributed by atoms with Gasteiger partial charge < -0.3 is 10.1 Å². The number of hydrogen-bond acceptors (Lipinski definition) is 3. The number of nitriles is 1. The molecule has 0 aliphatic heterocycles. The molecule has 0 aromatic heterocycles. The average Bonchev–Trinajstić information content (AvgIpc) is 2.51. The van der Waals surface area contributed by atoms with E-state index >= 15 is 0 Å². The minimum Gasteiger partial charge on any atom is -0.495 e. The number of nitrogens with one attached hydrogen (secondary N) is 1. The molecule has 2 rings (SSSR count). The van der Waals surface area contributed by atoms with Gasteiger partial charge in [0.15, 0.2) is 17.5 Å². The van der Waals surface area contributed by atoms with Crippen LogP contribution in [-0.2, 0) is 6.54 Å². The Morgan fingerprint density at radius 1 is 1.14 bits per heavy atom. The molecule has 3 nitrogen and oxygen atoms in total. The van der Waals surface area contributed by atoms with Gasteiger partial charge >= 0.3 is 0 Å². The molecule has 0 atom stereocenters. The van der Waals surface area contributed by atoms with Crippen molar-refractivity contribution >= 4 is 5.69 Å².